The van der Waals surface area contributed by atoms with E-state index in [1.165, 1.54) is 6.92 Å². The van der Waals surface area contributed by atoms with Crippen molar-refractivity contribution >= 4 is 29.1 Å². The highest BCUT2D eigenvalue weighted by Gasteiger charge is 2.21. The van der Waals surface area contributed by atoms with Gasteiger partial charge in [0.25, 0.3) is 5.91 Å². The summed E-state index contributed by atoms with van der Waals surface area (Å²) in [5.41, 5.74) is 3.79. The Bertz CT molecular complexity index is 1060. The summed E-state index contributed by atoms with van der Waals surface area (Å²) < 4.78 is 1.77. The summed E-state index contributed by atoms with van der Waals surface area (Å²) in [6.07, 6.45) is 1.59. The van der Waals surface area contributed by atoms with Crippen molar-refractivity contribution in [2.45, 2.75) is 33.2 Å². The van der Waals surface area contributed by atoms with Gasteiger partial charge in [0.05, 0.1) is 23.1 Å². The van der Waals surface area contributed by atoms with E-state index >= 15 is 0 Å². The summed E-state index contributed by atoms with van der Waals surface area (Å²) in [6, 6.07) is 14.8. The maximum atomic E-state index is 13.0. The lowest BCUT2D eigenvalue weighted by molar-refractivity contribution is -0.128. The van der Waals surface area contributed by atoms with E-state index in [0.29, 0.717) is 22.8 Å². The zero-order valence-electron chi connectivity index (χ0n) is 17.5. The first-order valence-corrected chi connectivity index (χ1v) is 10.1. The van der Waals surface area contributed by atoms with Crippen LogP contribution in [0.4, 0.5) is 5.69 Å². The Kier molecular flexibility index (Phi) is 6.57. The Labute approximate surface area is 181 Å². The monoisotopic (exact) mass is 424 g/mol. The van der Waals surface area contributed by atoms with Gasteiger partial charge < -0.3 is 10.2 Å². The predicted molar refractivity (Wildman–Crippen MR) is 119 cm³/mol. The number of carbonyl (C=O) groups excluding carboxylic acids is 2. The predicted octanol–water partition coefficient (Wildman–Crippen LogP) is 4.88. The molecule has 0 spiro atoms. The Morgan fingerprint density at radius 2 is 1.87 bits per heavy atom. The molecule has 0 radical (unpaired) electrons. The first-order chi connectivity index (χ1) is 14.3. The Balaban J connectivity index is 1.86. The van der Waals surface area contributed by atoms with E-state index in [1.54, 1.807) is 35.0 Å². The Morgan fingerprint density at radius 3 is 2.50 bits per heavy atom. The molecule has 1 N–H and O–H groups in total. The molecule has 1 heterocycles. The molecule has 0 fully saturated rings. The number of benzene rings is 2. The summed E-state index contributed by atoms with van der Waals surface area (Å²) in [7, 11) is 1.74. The van der Waals surface area contributed by atoms with Crippen LogP contribution in [0.3, 0.4) is 0 Å². The number of nitrogens with one attached hydrogen (secondary N) is 1. The average Bonchev–Trinajstić information content (AvgIpc) is 3.14. The van der Waals surface area contributed by atoms with Gasteiger partial charge in [-0.3, -0.25) is 9.59 Å². The Morgan fingerprint density at radius 1 is 1.17 bits per heavy atom. The first-order valence-electron chi connectivity index (χ1n) is 9.72. The molecule has 0 unspecified atom stereocenters. The van der Waals surface area contributed by atoms with Crippen molar-refractivity contribution in [3.8, 4) is 5.69 Å². The number of nitrogens with zero attached hydrogens (tertiary/aromatic N) is 3. The standard InChI is InChI=1S/C23H25ClN4O2/c1-15(2)22-21(13-25-28(22)20-10-8-18(24)9-11-20)23(30)26-19-7-5-6-17(12-19)14-27(4)16(3)29/h5-13,15H,14H2,1-4H3,(H,26,30). The number of halogens is 1. The van der Waals surface area contributed by atoms with E-state index in [2.05, 4.69) is 10.4 Å². The number of carbonyl (C=O) groups is 2. The van der Waals surface area contributed by atoms with Crippen LogP contribution in [0.5, 0.6) is 0 Å². The fourth-order valence-electron chi connectivity index (χ4n) is 3.21. The highest BCUT2D eigenvalue weighted by molar-refractivity contribution is 6.30. The number of hydrogen-bond donors (Lipinski definition) is 1. The van der Waals surface area contributed by atoms with Gasteiger partial charge in [-0.1, -0.05) is 37.6 Å². The smallest absolute Gasteiger partial charge is 0.259 e. The zero-order valence-corrected chi connectivity index (χ0v) is 18.3. The topological polar surface area (TPSA) is 67.2 Å². The third-order valence-corrected chi connectivity index (χ3v) is 5.06. The van der Waals surface area contributed by atoms with Gasteiger partial charge in [-0.25, -0.2) is 4.68 Å². The molecule has 30 heavy (non-hydrogen) atoms. The van der Waals surface area contributed by atoms with Crippen molar-refractivity contribution in [2.24, 2.45) is 0 Å². The Hall–Kier alpha value is -3.12. The maximum Gasteiger partial charge on any atom is 0.259 e. The van der Waals surface area contributed by atoms with Gasteiger partial charge in [0.2, 0.25) is 5.91 Å². The molecule has 7 heteroatoms. The van der Waals surface area contributed by atoms with E-state index in [-0.39, 0.29) is 17.7 Å². The van der Waals surface area contributed by atoms with Crippen LogP contribution in [0, 0.1) is 0 Å². The molecule has 3 aromatic rings. The highest BCUT2D eigenvalue weighted by Crippen LogP contribution is 2.25. The van der Waals surface area contributed by atoms with Crippen molar-refractivity contribution in [3.05, 3.63) is 76.6 Å². The summed E-state index contributed by atoms with van der Waals surface area (Å²) in [5, 5.41) is 8.04. The van der Waals surface area contributed by atoms with Gasteiger partial charge in [-0.15, -0.1) is 0 Å². The van der Waals surface area contributed by atoms with Crippen LogP contribution >= 0.6 is 11.6 Å². The second kappa shape index (κ2) is 9.13. The van der Waals surface area contributed by atoms with E-state index in [1.807, 2.05) is 50.2 Å². The summed E-state index contributed by atoms with van der Waals surface area (Å²) >= 11 is 5.99. The van der Waals surface area contributed by atoms with Gasteiger partial charge in [0, 0.05) is 31.2 Å². The fraction of sp³-hybridized carbons (Fsp3) is 0.261. The van der Waals surface area contributed by atoms with Gasteiger partial charge in [-0.2, -0.15) is 5.10 Å². The molecular weight excluding hydrogens is 400 g/mol. The van der Waals surface area contributed by atoms with Crippen LogP contribution in [-0.4, -0.2) is 33.5 Å². The summed E-state index contributed by atoms with van der Waals surface area (Å²) in [5.74, 6) is -0.156. The minimum atomic E-state index is -0.226. The van der Waals surface area contributed by atoms with E-state index in [9.17, 15) is 9.59 Å². The number of aromatic nitrogens is 2. The van der Waals surface area contributed by atoms with Crippen LogP contribution in [0.25, 0.3) is 5.69 Å². The van der Waals surface area contributed by atoms with E-state index in [4.69, 9.17) is 11.6 Å². The molecule has 0 saturated carbocycles. The van der Waals surface area contributed by atoms with Crippen molar-refractivity contribution in [1.82, 2.24) is 14.7 Å². The molecule has 0 aliphatic rings. The molecule has 1 aromatic heterocycles. The SMILES string of the molecule is CC(=O)N(C)Cc1cccc(NC(=O)c2cnn(-c3ccc(Cl)cc3)c2C(C)C)c1. The number of amides is 2. The van der Waals surface area contributed by atoms with Crippen LogP contribution in [0.2, 0.25) is 5.02 Å². The third kappa shape index (κ3) is 4.89. The molecule has 0 saturated heterocycles. The molecule has 6 nitrogen and oxygen atoms in total. The number of hydrogen-bond acceptors (Lipinski definition) is 3. The van der Waals surface area contributed by atoms with Crippen molar-refractivity contribution in [2.75, 3.05) is 12.4 Å². The largest absolute Gasteiger partial charge is 0.342 e. The highest BCUT2D eigenvalue weighted by atomic mass is 35.5. The molecule has 0 aliphatic carbocycles. The third-order valence-electron chi connectivity index (χ3n) is 4.81. The van der Waals surface area contributed by atoms with Crippen LogP contribution in [0.15, 0.2) is 54.7 Å². The lowest BCUT2D eigenvalue weighted by Crippen LogP contribution is -2.23. The molecular formula is C23H25ClN4O2. The minimum absolute atomic E-state index is 0.0133. The summed E-state index contributed by atoms with van der Waals surface area (Å²) in [6.45, 7) is 6.05. The molecule has 0 aliphatic heterocycles. The minimum Gasteiger partial charge on any atom is -0.342 e. The molecule has 0 atom stereocenters. The molecule has 2 aromatic carbocycles. The number of rotatable bonds is 6. The maximum absolute atomic E-state index is 13.0. The normalized spacial score (nSPS) is 10.9. The lowest BCUT2D eigenvalue weighted by atomic mass is 10.0. The van der Waals surface area contributed by atoms with Crippen molar-refractivity contribution in [3.63, 3.8) is 0 Å². The molecule has 2 amide bonds. The van der Waals surface area contributed by atoms with Gasteiger partial charge in [0.15, 0.2) is 0 Å². The van der Waals surface area contributed by atoms with Crippen LogP contribution < -0.4 is 5.32 Å². The molecule has 0 bridgehead atoms. The molecule has 3 rings (SSSR count). The van der Waals surface area contributed by atoms with Gasteiger partial charge >= 0.3 is 0 Å². The lowest BCUT2D eigenvalue weighted by Gasteiger charge is -2.16. The first kappa shape index (κ1) is 21.6. The molecule has 156 valence electrons. The van der Waals surface area contributed by atoms with Crippen LogP contribution in [0.1, 0.15) is 48.3 Å². The van der Waals surface area contributed by atoms with E-state index < -0.39 is 0 Å². The van der Waals surface area contributed by atoms with Crippen LogP contribution in [-0.2, 0) is 11.3 Å². The van der Waals surface area contributed by atoms with Gasteiger partial charge in [-0.05, 0) is 47.9 Å². The second-order valence-electron chi connectivity index (χ2n) is 7.52. The van der Waals surface area contributed by atoms with E-state index in [0.717, 1.165) is 16.9 Å². The fourth-order valence-corrected chi connectivity index (χ4v) is 3.33. The number of anilines is 1. The zero-order chi connectivity index (χ0) is 21.8. The van der Waals surface area contributed by atoms with Crippen molar-refractivity contribution < 1.29 is 9.59 Å². The van der Waals surface area contributed by atoms with Gasteiger partial charge in [0.1, 0.15) is 0 Å². The second-order valence-corrected chi connectivity index (χ2v) is 7.95. The summed E-state index contributed by atoms with van der Waals surface area (Å²) in [4.78, 5) is 26.1. The average molecular weight is 425 g/mol. The van der Waals surface area contributed by atoms with Crippen molar-refractivity contribution in [1.29, 1.82) is 0 Å². The quantitative estimate of drug-likeness (QED) is 0.613.